The van der Waals surface area contributed by atoms with Gasteiger partial charge in [0.05, 0.1) is 0 Å². The molecule has 0 fully saturated rings. The highest BCUT2D eigenvalue weighted by atomic mass is 16.4. The zero-order chi connectivity index (χ0) is 31.2. The van der Waals surface area contributed by atoms with Crippen LogP contribution in [0.15, 0.2) is 108 Å². The molecule has 2 amide bonds. The van der Waals surface area contributed by atoms with Gasteiger partial charge in [-0.2, -0.15) is 0 Å². The Kier molecular flexibility index (Phi) is 8.91. The number of rotatable bonds is 9. The van der Waals surface area contributed by atoms with E-state index >= 15 is 0 Å². The summed E-state index contributed by atoms with van der Waals surface area (Å²) in [5.74, 6) is 1.43. The first-order chi connectivity index (χ1) is 21.9. The van der Waals surface area contributed by atoms with Gasteiger partial charge in [-0.25, -0.2) is 15.0 Å². The predicted molar refractivity (Wildman–Crippen MR) is 173 cm³/mol. The van der Waals surface area contributed by atoms with Gasteiger partial charge in [0.2, 0.25) is 11.8 Å². The van der Waals surface area contributed by atoms with Gasteiger partial charge in [-0.15, -0.1) is 0 Å². The van der Waals surface area contributed by atoms with Gasteiger partial charge in [-0.1, -0.05) is 78.9 Å². The molecule has 0 unspecified atom stereocenters. The summed E-state index contributed by atoms with van der Waals surface area (Å²) in [5.41, 5.74) is 5.74. The first-order valence-corrected chi connectivity index (χ1v) is 15.1. The van der Waals surface area contributed by atoms with Crippen molar-refractivity contribution in [3.8, 4) is 11.4 Å². The van der Waals surface area contributed by atoms with E-state index in [0.717, 1.165) is 28.7 Å². The molecule has 45 heavy (non-hydrogen) atoms. The zero-order valence-corrected chi connectivity index (χ0v) is 25.5. The lowest BCUT2D eigenvalue weighted by Crippen LogP contribution is -2.52. The summed E-state index contributed by atoms with van der Waals surface area (Å²) in [6.45, 7) is 4.94. The second-order valence-electron chi connectivity index (χ2n) is 11.2. The second-order valence-corrected chi connectivity index (χ2v) is 11.2. The maximum absolute atomic E-state index is 14.5. The monoisotopic (exact) mass is 597 g/mol. The first-order valence-electron chi connectivity index (χ1n) is 15.1. The predicted octanol–water partition coefficient (Wildman–Crippen LogP) is 5.99. The minimum Gasteiger partial charge on any atom is -0.446 e. The minimum atomic E-state index is -0.730. The van der Waals surface area contributed by atoms with Crippen molar-refractivity contribution in [3.05, 3.63) is 143 Å². The van der Waals surface area contributed by atoms with Crippen LogP contribution in [0.25, 0.3) is 17.5 Å². The van der Waals surface area contributed by atoms with Crippen LogP contribution >= 0.6 is 0 Å². The molecule has 8 nitrogen and oxygen atoms in total. The quantitative estimate of drug-likeness (QED) is 0.194. The molecule has 0 saturated carbocycles. The smallest absolute Gasteiger partial charge is 0.247 e. The molecule has 0 radical (unpaired) electrons. The van der Waals surface area contributed by atoms with Crippen LogP contribution < -0.4 is 0 Å². The number of aromatic nitrogens is 3. The molecule has 3 heterocycles. The summed E-state index contributed by atoms with van der Waals surface area (Å²) in [5, 5.41) is 0. The lowest BCUT2D eigenvalue weighted by molar-refractivity contribution is -0.144. The van der Waals surface area contributed by atoms with Crippen LogP contribution in [-0.2, 0) is 35.5 Å². The molecule has 0 aliphatic carbocycles. The number of amides is 2. The van der Waals surface area contributed by atoms with Crippen LogP contribution in [0.2, 0.25) is 0 Å². The summed E-state index contributed by atoms with van der Waals surface area (Å²) in [7, 11) is 0. The van der Waals surface area contributed by atoms with E-state index in [1.165, 1.54) is 11.6 Å². The number of fused-ring (bicyclic) bond motifs is 1. The maximum atomic E-state index is 14.5. The summed E-state index contributed by atoms with van der Waals surface area (Å²) in [4.78, 5) is 45.3. The fraction of sp³-hybridized carbons (Fsp3) is 0.216. The van der Waals surface area contributed by atoms with Gasteiger partial charge in [0, 0.05) is 57.0 Å². The number of nitrogens with zero attached hydrogens (tertiary/aromatic N) is 5. The van der Waals surface area contributed by atoms with E-state index < -0.39 is 6.04 Å². The van der Waals surface area contributed by atoms with Crippen molar-refractivity contribution < 1.29 is 14.0 Å². The topological polar surface area (TPSA) is 92.4 Å². The molecule has 3 aromatic carbocycles. The van der Waals surface area contributed by atoms with Crippen LogP contribution in [0.3, 0.4) is 0 Å². The fourth-order valence-electron chi connectivity index (χ4n) is 5.75. The van der Waals surface area contributed by atoms with Gasteiger partial charge in [-0.3, -0.25) is 9.59 Å². The van der Waals surface area contributed by atoms with Crippen molar-refractivity contribution in [2.24, 2.45) is 0 Å². The minimum absolute atomic E-state index is 0.0714. The number of aryl methyl sites for hydroxylation is 2. The number of carbonyl (C=O) groups is 2. The SMILES string of the molecule is Cc1nc(C=CC(=O)N(Cc2ccc(-c3ncccn3)cc2)[C@@H](Cc2ccccc2)C(=O)N2CCc3ccccc3C2)c(C)o1. The Morgan fingerprint density at radius 1 is 0.889 bits per heavy atom. The Hall–Kier alpha value is -5.37. The largest absolute Gasteiger partial charge is 0.446 e. The van der Waals surface area contributed by atoms with Crippen molar-refractivity contribution in [2.75, 3.05) is 6.54 Å². The zero-order valence-electron chi connectivity index (χ0n) is 25.5. The molecular weight excluding hydrogens is 562 g/mol. The lowest BCUT2D eigenvalue weighted by atomic mass is 9.97. The standard InChI is InChI=1S/C37H35N5O3/c1-26-33(40-27(2)45-26)17-18-35(43)42(24-29-13-15-31(16-14-29)36-38-20-8-21-39-36)34(23-28-9-4-3-5-10-28)37(44)41-22-19-30-11-6-7-12-32(30)25-41/h3-18,20-21,34H,19,22-25H2,1-2H3/t34-/m0/s1. The molecule has 5 aromatic rings. The highest BCUT2D eigenvalue weighted by Crippen LogP contribution is 2.24. The third-order valence-corrected chi connectivity index (χ3v) is 8.11. The Bertz CT molecular complexity index is 1800. The molecule has 8 heteroatoms. The van der Waals surface area contributed by atoms with Gasteiger partial charge in [0.25, 0.3) is 0 Å². The van der Waals surface area contributed by atoms with Gasteiger partial charge in [0.1, 0.15) is 17.5 Å². The van der Waals surface area contributed by atoms with Crippen LogP contribution in [0.5, 0.6) is 0 Å². The van der Waals surface area contributed by atoms with Gasteiger partial charge < -0.3 is 14.2 Å². The Balaban J connectivity index is 1.35. The van der Waals surface area contributed by atoms with E-state index in [-0.39, 0.29) is 18.4 Å². The Morgan fingerprint density at radius 3 is 2.31 bits per heavy atom. The molecular formula is C37H35N5O3. The van der Waals surface area contributed by atoms with Crippen LogP contribution in [-0.4, -0.2) is 49.2 Å². The maximum Gasteiger partial charge on any atom is 0.247 e. The molecule has 0 saturated heterocycles. The number of benzene rings is 3. The molecule has 6 rings (SSSR count). The molecule has 1 aliphatic rings. The molecule has 1 atom stereocenters. The van der Waals surface area contributed by atoms with E-state index in [1.54, 1.807) is 36.4 Å². The number of hydrogen-bond donors (Lipinski definition) is 0. The van der Waals surface area contributed by atoms with E-state index in [1.807, 2.05) is 78.6 Å². The number of carbonyl (C=O) groups excluding carboxylic acids is 2. The van der Waals surface area contributed by atoms with Crippen molar-refractivity contribution in [1.29, 1.82) is 0 Å². The summed E-state index contributed by atoms with van der Waals surface area (Å²) < 4.78 is 5.57. The van der Waals surface area contributed by atoms with Crippen molar-refractivity contribution in [2.45, 2.75) is 45.8 Å². The molecule has 0 spiro atoms. The van der Waals surface area contributed by atoms with E-state index in [9.17, 15) is 9.59 Å². The average Bonchev–Trinajstić information content (AvgIpc) is 3.41. The average molecular weight is 598 g/mol. The molecule has 0 N–H and O–H groups in total. The van der Waals surface area contributed by atoms with Crippen molar-refractivity contribution in [3.63, 3.8) is 0 Å². The number of oxazole rings is 1. The summed E-state index contributed by atoms with van der Waals surface area (Å²) >= 11 is 0. The van der Waals surface area contributed by atoms with Gasteiger partial charge in [-0.05, 0) is 47.7 Å². The Labute approximate surface area is 263 Å². The van der Waals surface area contributed by atoms with E-state index in [0.29, 0.717) is 42.7 Å². The van der Waals surface area contributed by atoms with Gasteiger partial charge in [0.15, 0.2) is 11.7 Å². The van der Waals surface area contributed by atoms with E-state index in [2.05, 4.69) is 27.1 Å². The third-order valence-electron chi connectivity index (χ3n) is 8.11. The van der Waals surface area contributed by atoms with Crippen molar-refractivity contribution in [1.82, 2.24) is 24.8 Å². The normalized spacial score (nSPS) is 13.4. The first kappa shape index (κ1) is 29.7. The van der Waals surface area contributed by atoms with Crippen LogP contribution in [0.1, 0.15) is 39.6 Å². The Morgan fingerprint density at radius 2 is 1.60 bits per heavy atom. The van der Waals surface area contributed by atoms with E-state index in [4.69, 9.17) is 4.42 Å². The highest BCUT2D eigenvalue weighted by molar-refractivity contribution is 5.95. The highest BCUT2D eigenvalue weighted by Gasteiger charge is 2.34. The third kappa shape index (κ3) is 7.07. The van der Waals surface area contributed by atoms with Crippen LogP contribution in [0, 0.1) is 13.8 Å². The molecule has 226 valence electrons. The number of hydrogen-bond acceptors (Lipinski definition) is 6. The van der Waals surface area contributed by atoms with Crippen molar-refractivity contribution >= 4 is 17.9 Å². The molecule has 1 aliphatic heterocycles. The summed E-state index contributed by atoms with van der Waals surface area (Å²) in [6.07, 6.45) is 7.74. The lowest BCUT2D eigenvalue weighted by Gasteiger charge is -2.36. The van der Waals surface area contributed by atoms with Crippen LogP contribution in [0.4, 0.5) is 0 Å². The fourth-order valence-corrected chi connectivity index (χ4v) is 5.75. The molecule has 2 aromatic heterocycles. The second kappa shape index (κ2) is 13.5. The molecule has 0 bridgehead atoms. The summed E-state index contributed by atoms with van der Waals surface area (Å²) in [6, 6.07) is 27.0. The van der Waals surface area contributed by atoms with Gasteiger partial charge >= 0.3 is 0 Å².